The molecule has 0 saturated carbocycles. The van der Waals surface area contributed by atoms with E-state index in [-0.39, 0.29) is 18.2 Å². The van der Waals surface area contributed by atoms with E-state index in [1.165, 1.54) is 25.1 Å². The number of hydrogen-bond donors (Lipinski definition) is 2. The maximum Gasteiger partial charge on any atom is 0.308 e. The standard InChI is InChI=1S/C16H22FNO4/c1-10(2)8-12(16(20)21)9-18-15(19)11(3)22-14-7-5-4-6-13(14)17/h4-7,10-12H,8-9H2,1-3H3,(H,18,19)(H,20,21). The van der Waals surface area contributed by atoms with Crippen LogP contribution in [0.15, 0.2) is 24.3 Å². The first-order valence-corrected chi connectivity index (χ1v) is 7.23. The highest BCUT2D eigenvalue weighted by molar-refractivity contribution is 5.81. The van der Waals surface area contributed by atoms with Gasteiger partial charge in [-0.1, -0.05) is 26.0 Å². The van der Waals surface area contributed by atoms with Gasteiger partial charge in [-0.05, 0) is 31.4 Å². The molecule has 0 saturated heterocycles. The third-order valence-electron chi connectivity index (χ3n) is 3.14. The Bertz CT molecular complexity index is 519. The summed E-state index contributed by atoms with van der Waals surface area (Å²) in [7, 11) is 0. The molecule has 1 rings (SSSR count). The van der Waals surface area contributed by atoms with Crippen molar-refractivity contribution < 1.29 is 23.8 Å². The molecule has 22 heavy (non-hydrogen) atoms. The Morgan fingerprint density at radius 2 is 1.91 bits per heavy atom. The molecule has 0 aliphatic rings. The van der Waals surface area contributed by atoms with Crippen LogP contribution < -0.4 is 10.1 Å². The Balaban J connectivity index is 2.53. The van der Waals surface area contributed by atoms with Gasteiger partial charge in [-0.3, -0.25) is 9.59 Å². The third-order valence-corrected chi connectivity index (χ3v) is 3.14. The molecule has 5 nitrogen and oxygen atoms in total. The molecule has 0 heterocycles. The highest BCUT2D eigenvalue weighted by Gasteiger charge is 2.22. The molecule has 6 heteroatoms. The minimum atomic E-state index is -0.948. The number of benzene rings is 1. The van der Waals surface area contributed by atoms with Crippen LogP contribution in [0.25, 0.3) is 0 Å². The van der Waals surface area contributed by atoms with Crippen LogP contribution in [-0.4, -0.2) is 29.6 Å². The summed E-state index contributed by atoms with van der Waals surface area (Å²) in [6, 6.07) is 5.80. The fourth-order valence-corrected chi connectivity index (χ4v) is 1.99. The molecular formula is C16H22FNO4. The first-order valence-electron chi connectivity index (χ1n) is 7.23. The predicted octanol–water partition coefficient (Wildman–Crippen LogP) is 2.46. The first-order chi connectivity index (χ1) is 10.3. The van der Waals surface area contributed by atoms with Gasteiger partial charge in [0, 0.05) is 6.54 Å². The van der Waals surface area contributed by atoms with Crippen LogP contribution in [0.2, 0.25) is 0 Å². The average Bonchev–Trinajstić information content (AvgIpc) is 2.44. The molecule has 1 aromatic rings. The van der Waals surface area contributed by atoms with Gasteiger partial charge < -0.3 is 15.2 Å². The fraction of sp³-hybridized carbons (Fsp3) is 0.500. The number of halogens is 1. The molecule has 0 radical (unpaired) electrons. The number of amides is 1. The van der Waals surface area contributed by atoms with Crippen LogP contribution in [0, 0.1) is 17.7 Å². The summed E-state index contributed by atoms with van der Waals surface area (Å²) in [4.78, 5) is 23.0. The number of aliphatic carboxylic acids is 1. The van der Waals surface area contributed by atoms with E-state index in [1.807, 2.05) is 13.8 Å². The lowest BCUT2D eigenvalue weighted by Crippen LogP contribution is -2.40. The average molecular weight is 311 g/mol. The Morgan fingerprint density at radius 1 is 1.27 bits per heavy atom. The third kappa shape index (κ3) is 5.71. The number of carbonyl (C=O) groups excluding carboxylic acids is 1. The maximum atomic E-state index is 13.4. The highest BCUT2D eigenvalue weighted by Crippen LogP contribution is 2.17. The van der Waals surface area contributed by atoms with Crippen molar-refractivity contribution in [2.24, 2.45) is 11.8 Å². The summed E-state index contributed by atoms with van der Waals surface area (Å²) in [5.74, 6) is -2.42. The number of carboxylic acids is 1. The van der Waals surface area contributed by atoms with E-state index in [1.54, 1.807) is 6.07 Å². The Morgan fingerprint density at radius 3 is 2.45 bits per heavy atom. The van der Waals surface area contributed by atoms with Gasteiger partial charge in [-0.15, -0.1) is 0 Å². The Hall–Kier alpha value is -2.11. The van der Waals surface area contributed by atoms with Gasteiger partial charge in [-0.2, -0.15) is 0 Å². The normalized spacial score (nSPS) is 13.5. The van der Waals surface area contributed by atoms with E-state index in [9.17, 15) is 14.0 Å². The van der Waals surface area contributed by atoms with Gasteiger partial charge in [-0.25, -0.2) is 4.39 Å². The largest absolute Gasteiger partial charge is 0.481 e. The molecule has 0 aromatic heterocycles. The molecule has 0 spiro atoms. The number of carbonyl (C=O) groups is 2. The molecule has 122 valence electrons. The van der Waals surface area contributed by atoms with Crippen LogP contribution in [0.1, 0.15) is 27.2 Å². The molecule has 1 aromatic carbocycles. The number of ether oxygens (including phenoxy) is 1. The minimum absolute atomic E-state index is 0.0119. The number of para-hydroxylation sites is 1. The SMILES string of the molecule is CC(C)CC(CNC(=O)C(C)Oc1ccccc1F)C(=O)O. The van der Waals surface area contributed by atoms with Gasteiger partial charge in [0.1, 0.15) is 0 Å². The molecular weight excluding hydrogens is 289 g/mol. The minimum Gasteiger partial charge on any atom is -0.481 e. The molecule has 1 amide bonds. The van der Waals surface area contributed by atoms with Crippen molar-refractivity contribution in [3.05, 3.63) is 30.1 Å². The monoisotopic (exact) mass is 311 g/mol. The quantitative estimate of drug-likeness (QED) is 0.773. The van der Waals surface area contributed by atoms with Crippen molar-refractivity contribution in [2.75, 3.05) is 6.54 Å². The van der Waals surface area contributed by atoms with E-state index in [4.69, 9.17) is 9.84 Å². The number of rotatable bonds is 8. The van der Waals surface area contributed by atoms with Crippen molar-refractivity contribution in [1.29, 1.82) is 0 Å². The second kappa shape index (κ2) is 8.36. The lowest BCUT2D eigenvalue weighted by molar-refractivity contribution is -0.142. The molecule has 2 unspecified atom stereocenters. The van der Waals surface area contributed by atoms with E-state index >= 15 is 0 Å². The smallest absolute Gasteiger partial charge is 0.308 e. The summed E-state index contributed by atoms with van der Waals surface area (Å²) >= 11 is 0. The lowest BCUT2D eigenvalue weighted by atomic mass is 9.97. The molecule has 0 bridgehead atoms. The van der Waals surface area contributed by atoms with Crippen LogP contribution in [0.5, 0.6) is 5.75 Å². The Kier molecular flexibility index (Phi) is 6.82. The molecule has 0 fully saturated rings. The van der Waals surface area contributed by atoms with Gasteiger partial charge in [0.05, 0.1) is 5.92 Å². The Labute approximate surface area is 129 Å². The highest BCUT2D eigenvalue weighted by atomic mass is 19.1. The summed E-state index contributed by atoms with van der Waals surface area (Å²) in [6.07, 6.45) is -0.441. The van der Waals surface area contributed by atoms with Crippen molar-refractivity contribution >= 4 is 11.9 Å². The van der Waals surface area contributed by atoms with Crippen molar-refractivity contribution in [2.45, 2.75) is 33.3 Å². The van der Waals surface area contributed by atoms with E-state index in [0.29, 0.717) is 6.42 Å². The van der Waals surface area contributed by atoms with Crippen molar-refractivity contribution in [3.8, 4) is 5.75 Å². The summed E-state index contributed by atoms with van der Waals surface area (Å²) in [6.45, 7) is 5.35. The zero-order chi connectivity index (χ0) is 16.7. The number of hydrogen-bond acceptors (Lipinski definition) is 3. The zero-order valence-corrected chi connectivity index (χ0v) is 13.0. The van der Waals surface area contributed by atoms with Gasteiger partial charge in [0.15, 0.2) is 17.7 Å². The summed E-state index contributed by atoms with van der Waals surface area (Å²) in [5, 5.41) is 11.7. The van der Waals surface area contributed by atoms with Gasteiger partial charge >= 0.3 is 5.97 Å². The van der Waals surface area contributed by atoms with E-state index < -0.39 is 29.7 Å². The summed E-state index contributed by atoms with van der Waals surface area (Å²) in [5.41, 5.74) is 0. The van der Waals surface area contributed by atoms with E-state index in [0.717, 1.165) is 0 Å². The second-order valence-electron chi connectivity index (χ2n) is 5.60. The lowest BCUT2D eigenvalue weighted by Gasteiger charge is -2.18. The van der Waals surface area contributed by atoms with Crippen LogP contribution in [0.3, 0.4) is 0 Å². The van der Waals surface area contributed by atoms with E-state index in [2.05, 4.69) is 5.32 Å². The van der Waals surface area contributed by atoms with Gasteiger partial charge in [0.2, 0.25) is 0 Å². The zero-order valence-electron chi connectivity index (χ0n) is 13.0. The summed E-state index contributed by atoms with van der Waals surface area (Å²) < 4.78 is 18.7. The van der Waals surface area contributed by atoms with Crippen molar-refractivity contribution in [3.63, 3.8) is 0 Å². The first kappa shape index (κ1) is 17.9. The molecule has 0 aliphatic carbocycles. The van der Waals surface area contributed by atoms with Crippen molar-refractivity contribution in [1.82, 2.24) is 5.32 Å². The maximum absolute atomic E-state index is 13.4. The van der Waals surface area contributed by atoms with Crippen LogP contribution in [-0.2, 0) is 9.59 Å². The number of carboxylic acid groups (broad SMARTS) is 1. The van der Waals surface area contributed by atoms with Gasteiger partial charge in [0.25, 0.3) is 5.91 Å². The topological polar surface area (TPSA) is 75.6 Å². The van der Waals surface area contributed by atoms with Crippen LogP contribution in [0.4, 0.5) is 4.39 Å². The molecule has 0 aliphatic heterocycles. The number of nitrogens with one attached hydrogen (secondary N) is 1. The fourth-order valence-electron chi connectivity index (χ4n) is 1.99. The molecule has 2 N–H and O–H groups in total. The second-order valence-corrected chi connectivity index (χ2v) is 5.60. The molecule has 2 atom stereocenters. The predicted molar refractivity (Wildman–Crippen MR) is 80.1 cm³/mol. The van der Waals surface area contributed by atoms with Crippen LogP contribution >= 0.6 is 0 Å².